The molecule has 1 aliphatic heterocycles. The molecule has 0 aliphatic carbocycles. The van der Waals surface area contributed by atoms with E-state index in [9.17, 15) is 18.0 Å². The van der Waals surface area contributed by atoms with E-state index in [1.165, 1.54) is 32.3 Å². The second-order valence-corrected chi connectivity index (χ2v) is 9.16. The second-order valence-electron chi connectivity index (χ2n) is 6.60. The molecule has 0 saturated carbocycles. The first-order chi connectivity index (χ1) is 13.2. The number of benzene rings is 2. The van der Waals surface area contributed by atoms with Gasteiger partial charge in [0.1, 0.15) is 0 Å². The summed E-state index contributed by atoms with van der Waals surface area (Å²) in [5.74, 6) is -0.938. The zero-order chi connectivity index (χ0) is 20.5. The fourth-order valence-electron chi connectivity index (χ4n) is 3.04. The minimum atomic E-state index is -3.68. The lowest BCUT2D eigenvalue weighted by atomic mass is 9.97. The fourth-order valence-corrected chi connectivity index (χ4v) is 4.17. The molecule has 0 fully saturated rings. The number of amides is 2. The molecule has 28 heavy (non-hydrogen) atoms. The van der Waals surface area contributed by atoms with Crippen LogP contribution in [-0.2, 0) is 14.8 Å². The molecule has 9 heteroatoms. The quantitative estimate of drug-likeness (QED) is 0.748. The zero-order valence-electron chi connectivity index (χ0n) is 15.4. The van der Waals surface area contributed by atoms with Crippen molar-refractivity contribution in [3.8, 4) is 0 Å². The van der Waals surface area contributed by atoms with Crippen LogP contribution >= 0.6 is 11.6 Å². The van der Waals surface area contributed by atoms with Gasteiger partial charge in [0, 0.05) is 26.3 Å². The van der Waals surface area contributed by atoms with Gasteiger partial charge in [0.25, 0.3) is 5.91 Å². The van der Waals surface area contributed by atoms with Crippen molar-refractivity contribution in [2.45, 2.75) is 17.2 Å². The average Bonchev–Trinajstić information content (AvgIpc) is 2.97. The molecule has 2 aromatic rings. The summed E-state index contributed by atoms with van der Waals surface area (Å²) in [7, 11) is -0.860. The standard InChI is InChI=1S/C19H20ClN3O4S/c1-23(2)28(26,27)12-7-8-16(20)15(11-12)18(24)21-10-9-14-13-5-3-4-6-17(13)22-19(14)25/h3-8,11,14H,9-10H2,1-2H3,(H,21,24)(H,22,25)/t14-/m1/s1. The Bertz CT molecular complexity index is 1040. The van der Waals surface area contributed by atoms with Crippen LogP contribution in [0, 0.1) is 0 Å². The van der Waals surface area contributed by atoms with Gasteiger partial charge in [0.2, 0.25) is 15.9 Å². The third kappa shape index (κ3) is 3.89. The number of nitrogens with one attached hydrogen (secondary N) is 2. The van der Waals surface area contributed by atoms with Crippen molar-refractivity contribution in [3.05, 3.63) is 58.6 Å². The van der Waals surface area contributed by atoms with E-state index in [1.807, 2.05) is 24.3 Å². The molecule has 1 atom stereocenters. The first kappa shape index (κ1) is 20.3. The molecule has 0 saturated heterocycles. The summed E-state index contributed by atoms with van der Waals surface area (Å²) in [4.78, 5) is 24.6. The van der Waals surface area contributed by atoms with Gasteiger partial charge in [0.05, 0.1) is 21.4 Å². The van der Waals surface area contributed by atoms with E-state index in [1.54, 1.807) is 0 Å². The molecule has 2 N–H and O–H groups in total. The maximum Gasteiger partial charge on any atom is 0.252 e. The molecule has 0 unspecified atom stereocenters. The highest BCUT2D eigenvalue weighted by atomic mass is 35.5. The summed E-state index contributed by atoms with van der Waals surface area (Å²) in [5.41, 5.74) is 1.76. The van der Waals surface area contributed by atoms with Crippen LogP contribution in [0.25, 0.3) is 0 Å². The minimum Gasteiger partial charge on any atom is -0.352 e. The molecule has 2 aromatic carbocycles. The molecule has 0 spiro atoms. The largest absolute Gasteiger partial charge is 0.352 e. The molecule has 1 heterocycles. The summed E-state index contributed by atoms with van der Waals surface area (Å²) < 4.78 is 25.6. The van der Waals surface area contributed by atoms with Gasteiger partial charge in [-0.25, -0.2) is 12.7 Å². The average molecular weight is 422 g/mol. The van der Waals surface area contributed by atoms with Crippen molar-refractivity contribution < 1.29 is 18.0 Å². The van der Waals surface area contributed by atoms with Crippen molar-refractivity contribution >= 4 is 39.1 Å². The zero-order valence-corrected chi connectivity index (χ0v) is 17.0. The Morgan fingerprint density at radius 2 is 1.93 bits per heavy atom. The Balaban J connectivity index is 1.70. The number of hydrogen-bond acceptors (Lipinski definition) is 4. The maximum atomic E-state index is 12.5. The van der Waals surface area contributed by atoms with Gasteiger partial charge in [-0.1, -0.05) is 29.8 Å². The van der Waals surface area contributed by atoms with Gasteiger partial charge in [0.15, 0.2) is 0 Å². The van der Waals surface area contributed by atoms with Gasteiger partial charge in [-0.2, -0.15) is 0 Å². The van der Waals surface area contributed by atoms with Crippen molar-refractivity contribution in [3.63, 3.8) is 0 Å². The Labute approximate surface area is 168 Å². The number of carbonyl (C=O) groups is 2. The minimum absolute atomic E-state index is 0.0175. The van der Waals surface area contributed by atoms with Crippen LogP contribution in [0.3, 0.4) is 0 Å². The molecular formula is C19H20ClN3O4S. The third-order valence-electron chi connectivity index (χ3n) is 4.59. The van der Waals surface area contributed by atoms with Crippen LogP contribution in [0.1, 0.15) is 28.3 Å². The smallest absolute Gasteiger partial charge is 0.252 e. The second kappa shape index (κ2) is 7.90. The molecule has 7 nitrogen and oxygen atoms in total. The van der Waals surface area contributed by atoms with Gasteiger partial charge in [-0.05, 0) is 36.2 Å². The summed E-state index contributed by atoms with van der Waals surface area (Å²) in [6.07, 6.45) is 0.419. The van der Waals surface area contributed by atoms with Crippen LogP contribution in [0.5, 0.6) is 0 Å². The summed E-state index contributed by atoms with van der Waals surface area (Å²) in [5, 5.41) is 5.68. The van der Waals surface area contributed by atoms with E-state index in [0.717, 1.165) is 15.6 Å². The number of sulfonamides is 1. The Kier molecular flexibility index (Phi) is 5.74. The number of hydrogen-bond donors (Lipinski definition) is 2. The van der Waals surface area contributed by atoms with Crippen molar-refractivity contribution in [1.29, 1.82) is 0 Å². The van der Waals surface area contributed by atoms with Crippen LogP contribution in [-0.4, -0.2) is 45.2 Å². The van der Waals surface area contributed by atoms with E-state index >= 15 is 0 Å². The number of fused-ring (bicyclic) bond motifs is 1. The van der Waals surface area contributed by atoms with Gasteiger partial charge < -0.3 is 10.6 Å². The third-order valence-corrected chi connectivity index (χ3v) is 6.73. The van der Waals surface area contributed by atoms with Crippen molar-refractivity contribution in [2.75, 3.05) is 26.0 Å². The first-order valence-electron chi connectivity index (χ1n) is 8.62. The van der Waals surface area contributed by atoms with Crippen molar-refractivity contribution in [2.24, 2.45) is 0 Å². The van der Waals surface area contributed by atoms with Crippen molar-refractivity contribution in [1.82, 2.24) is 9.62 Å². The Hall–Kier alpha value is -2.42. The van der Waals surface area contributed by atoms with E-state index in [2.05, 4.69) is 10.6 Å². The van der Waals surface area contributed by atoms with Gasteiger partial charge in [-0.15, -0.1) is 0 Å². The summed E-state index contributed by atoms with van der Waals surface area (Å²) in [6.45, 7) is 0.242. The number of halogens is 1. The number of rotatable bonds is 6. The monoisotopic (exact) mass is 421 g/mol. The Morgan fingerprint density at radius 3 is 2.64 bits per heavy atom. The molecule has 2 amide bonds. The normalized spacial score (nSPS) is 16.0. The number of nitrogens with zero attached hydrogens (tertiary/aromatic N) is 1. The molecule has 0 aromatic heterocycles. The van der Waals surface area contributed by atoms with E-state index in [-0.39, 0.29) is 33.9 Å². The summed E-state index contributed by atoms with van der Waals surface area (Å²) >= 11 is 6.08. The number of anilines is 1. The highest BCUT2D eigenvalue weighted by Gasteiger charge is 2.29. The maximum absolute atomic E-state index is 12.5. The highest BCUT2D eigenvalue weighted by Crippen LogP contribution is 2.34. The number of carbonyl (C=O) groups excluding carboxylic acids is 2. The molecule has 148 valence electrons. The van der Waals surface area contributed by atoms with Crippen LogP contribution in [0.4, 0.5) is 5.69 Å². The molecule has 3 rings (SSSR count). The molecule has 0 radical (unpaired) electrons. The van der Waals surface area contributed by atoms with E-state index < -0.39 is 15.9 Å². The number of para-hydroxylation sites is 1. The van der Waals surface area contributed by atoms with Gasteiger partial charge >= 0.3 is 0 Å². The highest BCUT2D eigenvalue weighted by molar-refractivity contribution is 7.89. The predicted molar refractivity (Wildman–Crippen MR) is 107 cm³/mol. The van der Waals surface area contributed by atoms with E-state index in [0.29, 0.717) is 6.42 Å². The topological polar surface area (TPSA) is 95.6 Å². The molecule has 1 aliphatic rings. The fraction of sp³-hybridized carbons (Fsp3) is 0.263. The SMILES string of the molecule is CN(C)S(=O)(=O)c1ccc(Cl)c(C(=O)NCC[C@H]2C(=O)Nc3ccccc32)c1. The van der Waals surface area contributed by atoms with Crippen LogP contribution in [0.15, 0.2) is 47.4 Å². The lowest BCUT2D eigenvalue weighted by Gasteiger charge is -2.14. The lowest BCUT2D eigenvalue weighted by Crippen LogP contribution is -2.28. The predicted octanol–water partition coefficient (Wildman–Crippen LogP) is 2.45. The Morgan fingerprint density at radius 1 is 1.21 bits per heavy atom. The summed E-state index contributed by atoms with van der Waals surface area (Å²) in [6, 6.07) is 11.4. The first-order valence-corrected chi connectivity index (χ1v) is 10.4. The van der Waals surface area contributed by atoms with Gasteiger partial charge in [-0.3, -0.25) is 9.59 Å². The molecule has 0 bridgehead atoms. The van der Waals surface area contributed by atoms with Crippen LogP contribution in [0.2, 0.25) is 5.02 Å². The molecular weight excluding hydrogens is 402 g/mol. The lowest BCUT2D eigenvalue weighted by molar-refractivity contribution is -0.117. The van der Waals surface area contributed by atoms with Crippen LogP contribution < -0.4 is 10.6 Å². The van der Waals surface area contributed by atoms with E-state index in [4.69, 9.17) is 11.6 Å².